The quantitative estimate of drug-likeness (QED) is 0.412. The number of carbonyl (C=O) groups is 1. The molecule has 2 N–H and O–H groups in total. The zero-order chi connectivity index (χ0) is 20.2. The lowest BCUT2D eigenvalue weighted by molar-refractivity contribution is -0.113. The average Bonchev–Trinajstić information content (AvgIpc) is 3.31. The van der Waals surface area contributed by atoms with E-state index >= 15 is 0 Å². The van der Waals surface area contributed by atoms with Gasteiger partial charge in [0.2, 0.25) is 5.91 Å². The van der Waals surface area contributed by atoms with E-state index in [2.05, 4.69) is 15.3 Å². The fourth-order valence-corrected chi connectivity index (χ4v) is 4.56. The molecular formula is C20H17ClN4O2S2. The number of hydrogen-bond donors (Lipinski definition) is 2. The van der Waals surface area contributed by atoms with Crippen LogP contribution in [0.2, 0.25) is 5.02 Å². The minimum atomic E-state index is -0.154. The summed E-state index contributed by atoms with van der Waals surface area (Å²) in [4.78, 5) is 21.2. The number of benzene rings is 2. The molecule has 0 aliphatic carbocycles. The molecule has 4 rings (SSSR count). The molecule has 0 aliphatic heterocycles. The average molecular weight is 445 g/mol. The van der Waals surface area contributed by atoms with E-state index in [9.17, 15) is 9.90 Å². The summed E-state index contributed by atoms with van der Waals surface area (Å²) in [6.07, 6.45) is 1.79. The number of para-hydroxylation sites is 1. The number of carbonyl (C=O) groups excluding carboxylic acids is 1. The summed E-state index contributed by atoms with van der Waals surface area (Å²) in [6, 6.07) is 15.3. The molecule has 6 nitrogen and oxygen atoms in total. The van der Waals surface area contributed by atoms with Crippen LogP contribution in [0.3, 0.4) is 0 Å². The van der Waals surface area contributed by atoms with Crippen molar-refractivity contribution in [1.82, 2.24) is 14.5 Å². The van der Waals surface area contributed by atoms with Crippen LogP contribution in [0.25, 0.3) is 10.2 Å². The van der Waals surface area contributed by atoms with E-state index in [0.29, 0.717) is 27.5 Å². The van der Waals surface area contributed by atoms with Gasteiger partial charge in [0.15, 0.2) is 10.3 Å². The number of anilines is 1. The maximum atomic E-state index is 12.4. The van der Waals surface area contributed by atoms with Crippen molar-refractivity contribution in [2.45, 2.75) is 18.3 Å². The van der Waals surface area contributed by atoms with Crippen molar-refractivity contribution in [3.05, 3.63) is 71.0 Å². The Balaban J connectivity index is 1.42. The van der Waals surface area contributed by atoms with Gasteiger partial charge in [-0.05, 0) is 29.8 Å². The molecule has 0 spiro atoms. The van der Waals surface area contributed by atoms with Crippen LogP contribution >= 0.6 is 34.7 Å². The Bertz CT molecular complexity index is 1110. The molecule has 2 aromatic heterocycles. The van der Waals surface area contributed by atoms with Gasteiger partial charge in [-0.3, -0.25) is 4.79 Å². The number of rotatable bonds is 7. The van der Waals surface area contributed by atoms with Gasteiger partial charge in [0.05, 0.1) is 28.3 Å². The molecule has 148 valence electrons. The summed E-state index contributed by atoms with van der Waals surface area (Å²) in [5, 5.41) is 14.2. The Labute approximate surface area is 180 Å². The Morgan fingerprint density at radius 1 is 1.17 bits per heavy atom. The number of fused-ring (bicyclic) bond motifs is 1. The van der Waals surface area contributed by atoms with Gasteiger partial charge in [-0.2, -0.15) is 0 Å². The first-order chi connectivity index (χ1) is 14.1. The molecule has 0 atom stereocenters. The van der Waals surface area contributed by atoms with Crippen molar-refractivity contribution in [2.75, 3.05) is 11.1 Å². The number of amides is 1. The molecule has 0 saturated carbocycles. The van der Waals surface area contributed by atoms with E-state index in [-0.39, 0.29) is 18.3 Å². The lowest BCUT2D eigenvalue weighted by Crippen LogP contribution is -2.14. The van der Waals surface area contributed by atoms with E-state index in [1.807, 2.05) is 53.1 Å². The first-order valence-electron chi connectivity index (χ1n) is 8.80. The molecule has 0 radical (unpaired) electrons. The second kappa shape index (κ2) is 8.96. The number of aliphatic hydroxyl groups is 1. The largest absolute Gasteiger partial charge is 0.390 e. The lowest BCUT2D eigenvalue weighted by atomic mass is 10.2. The van der Waals surface area contributed by atoms with Gasteiger partial charge >= 0.3 is 0 Å². The Morgan fingerprint density at radius 3 is 2.72 bits per heavy atom. The van der Waals surface area contributed by atoms with Crippen molar-refractivity contribution in [2.24, 2.45) is 0 Å². The highest BCUT2D eigenvalue weighted by atomic mass is 35.5. The third-order valence-corrected chi connectivity index (χ3v) is 6.28. The fraction of sp³-hybridized carbons (Fsp3) is 0.150. The number of aliphatic hydroxyl groups excluding tert-OH is 1. The van der Waals surface area contributed by atoms with E-state index in [1.54, 1.807) is 6.20 Å². The van der Waals surface area contributed by atoms with Crippen molar-refractivity contribution < 1.29 is 9.90 Å². The van der Waals surface area contributed by atoms with Gasteiger partial charge in [0, 0.05) is 17.8 Å². The summed E-state index contributed by atoms with van der Waals surface area (Å²) in [5.74, 6) is 0.0407. The molecule has 9 heteroatoms. The summed E-state index contributed by atoms with van der Waals surface area (Å²) in [6.45, 7) is 0.422. The van der Waals surface area contributed by atoms with Crippen LogP contribution in [0.1, 0.15) is 11.3 Å². The van der Waals surface area contributed by atoms with E-state index in [0.717, 1.165) is 15.8 Å². The van der Waals surface area contributed by atoms with Crippen LogP contribution in [0.4, 0.5) is 5.13 Å². The first-order valence-corrected chi connectivity index (χ1v) is 11.0. The van der Waals surface area contributed by atoms with Crippen LogP contribution in [0, 0.1) is 0 Å². The Morgan fingerprint density at radius 2 is 1.97 bits per heavy atom. The molecule has 29 heavy (non-hydrogen) atoms. The molecule has 0 fully saturated rings. The molecule has 1 amide bonds. The van der Waals surface area contributed by atoms with Crippen molar-refractivity contribution in [3.63, 3.8) is 0 Å². The number of hydrogen-bond acceptors (Lipinski definition) is 6. The highest BCUT2D eigenvalue weighted by Crippen LogP contribution is 2.26. The number of thiazole rings is 1. The lowest BCUT2D eigenvalue weighted by Gasteiger charge is -2.07. The zero-order valence-corrected chi connectivity index (χ0v) is 17.6. The standard InChI is InChI=1S/C20H17ClN4O2S2/c21-14-7-5-13(6-8-14)9-25-10-15(11-26)22-20(25)28-12-18(27)24-19-23-16-3-1-2-4-17(16)29-19/h1-8,10,26H,9,11-12H2,(H,23,24,27). The predicted molar refractivity (Wildman–Crippen MR) is 118 cm³/mol. The third kappa shape index (κ3) is 4.97. The molecule has 2 heterocycles. The van der Waals surface area contributed by atoms with Gasteiger partial charge in [0.25, 0.3) is 0 Å². The number of imidazole rings is 1. The van der Waals surface area contributed by atoms with Crippen molar-refractivity contribution in [3.8, 4) is 0 Å². The Hall–Kier alpha value is -2.39. The summed E-state index contributed by atoms with van der Waals surface area (Å²) < 4.78 is 2.95. The predicted octanol–water partition coefficient (Wildman–Crippen LogP) is 4.42. The number of halogens is 1. The third-order valence-electron chi connectivity index (χ3n) is 4.09. The maximum absolute atomic E-state index is 12.4. The van der Waals surface area contributed by atoms with E-state index in [4.69, 9.17) is 11.6 Å². The first kappa shape index (κ1) is 19.9. The number of aromatic nitrogens is 3. The maximum Gasteiger partial charge on any atom is 0.236 e. The van der Waals surface area contributed by atoms with Gasteiger partial charge in [0.1, 0.15) is 0 Å². The molecule has 0 unspecified atom stereocenters. The topological polar surface area (TPSA) is 80.0 Å². The number of nitrogens with zero attached hydrogens (tertiary/aromatic N) is 3. The van der Waals surface area contributed by atoms with Crippen LogP contribution in [-0.2, 0) is 17.9 Å². The van der Waals surface area contributed by atoms with Gasteiger partial charge < -0.3 is 15.0 Å². The van der Waals surface area contributed by atoms with Gasteiger partial charge in [-0.15, -0.1) is 0 Å². The van der Waals surface area contributed by atoms with Crippen molar-refractivity contribution >= 4 is 56.0 Å². The molecule has 0 saturated heterocycles. The van der Waals surface area contributed by atoms with E-state index in [1.165, 1.54) is 23.1 Å². The van der Waals surface area contributed by atoms with Crippen LogP contribution in [0.15, 0.2) is 59.9 Å². The second-order valence-electron chi connectivity index (χ2n) is 6.25. The van der Waals surface area contributed by atoms with Gasteiger partial charge in [-0.25, -0.2) is 9.97 Å². The highest BCUT2D eigenvalue weighted by Gasteiger charge is 2.13. The second-order valence-corrected chi connectivity index (χ2v) is 8.66. The molecule has 0 bridgehead atoms. The van der Waals surface area contributed by atoms with Crippen LogP contribution in [0.5, 0.6) is 0 Å². The summed E-state index contributed by atoms with van der Waals surface area (Å²) in [5.41, 5.74) is 2.48. The van der Waals surface area contributed by atoms with Gasteiger partial charge in [-0.1, -0.05) is 59.0 Å². The van der Waals surface area contributed by atoms with Crippen LogP contribution < -0.4 is 5.32 Å². The summed E-state index contributed by atoms with van der Waals surface area (Å²) >= 11 is 8.71. The zero-order valence-electron chi connectivity index (χ0n) is 15.2. The monoisotopic (exact) mass is 444 g/mol. The highest BCUT2D eigenvalue weighted by molar-refractivity contribution is 7.99. The SMILES string of the molecule is O=C(CSc1nc(CO)cn1Cc1ccc(Cl)cc1)Nc1nc2ccccc2s1. The van der Waals surface area contributed by atoms with Crippen LogP contribution in [-0.4, -0.2) is 31.3 Å². The molecule has 2 aromatic carbocycles. The minimum absolute atomic E-state index is 0.152. The van der Waals surface area contributed by atoms with Crippen molar-refractivity contribution in [1.29, 1.82) is 0 Å². The minimum Gasteiger partial charge on any atom is -0.390 e. The smallest absolute Gasteiger partial charge is 0.236 e. The molecular weight excluding hydrogens is 428 g/mol. The Kier molecular flexibility index (Phi) is 6.15. The number of thioether (sulfide) groups is 1. The summed E-state index contributed by atoms with van der Waals surface area (Å²) in [7, 11) is 0. The number of nitrogens with one attached hydrogen (secondary N) is 1. The van der Waals surface area contributed by atoms with E-state index < -0.39 is 0 Å². The fourth-order valence-electron chi connectivity index (χ4n) is 2.75. The molecule has 4 aromatic rings. The molecule has 0 aliphatic rings. The normalized spacial score (nSPS) is 11.1.